The predicted octanol–water partition coefficient (Wildman–Crippen LogP) is 2.69. The molecule has 0 radical (unpaired) electrons. The van der Waals surface area contributed by atoms with Crippen LogP contribution in [-0.4, -0.2) is 18.4 Å². The fourth-order valence-electron chi connectivity index (χ4n) is 1.19. The van der Waals surface area contributed by atoms with Crippen LogP contribution in [0.1, 0.15) is 24.2 Å². The van der Waals surface area contributed by atoms with E-state index in [4.69, 9.17) is 22.1 Å². The van der Waals surface area contributed by atoms with E-state index < -0.39 is 0 Å². The number of carbonyl (C=O) groups is 1. The summed E-state index contributed by atoms with van der Waals surface area (Å²) in [5.41, 5.74) is 5.75. The van der Waals surface area contributed by atoms with Crippen LogP contribution >= 0.6 is 24.0 Å². The number of ether oxygens (including phenoxy) is 1. The second kappa shape index (κ2) is 6.74. The number of halogens is 2. The summed E-state index contributed by atoms with van der Waals surface area (Å²) in [6.45, 7) is 3.74. The van der Waals surface area contributed by atoms with Crippen LogP contribution in [0.25, 0.3) is 0 Å². The summed E-state index contributed by atoms with van der Waals surface area (Å²) >= 11 is 5.81. The maximum atomic E-state index is 11.5. The highest BCUT2D eigenvalue weighted by Crippen LogP contribution is 2.24. The first kappa shape index (κ1) is 15.2. The normalized spacial score (nSPS) is 9.81. The Labute approximate surface area is 106 Å². The summed E-state index contributed by atoms with van der Waals surface area (Å²) < 4.78 is 5.49. The van der Waals surface area contributed by atoms with E-state index in [2.05, 4.69) is 0 Å². The topological polar surface area (TPSA) is 52.3 Å². The summed E-state index contributed by atoms with van der Waals surface area (Å²) in [4.78, 5) is 11.5. The van der Waals surface area contributed by atoms with Gasteiger partial charge in [-0.3, -0.25) is 4.79 Å². The SMILES string of the molecule is CC(C)Oc1ccc(Cl)cc1C(=O)CN.Cl. The molecular weight excluding hydrogens is 249 g/mol. The Morgan fingerprint density at radius 2 is 2.12 bits per heavy atom. The third kappa shape index (κ3) is 4.00. The minimum atomic E-state index is -0.173. The van der Waals surface area contributed by atoms with Crippen LogP contribution in [0.4, 0.5) is 0 Å². The van der Waals surface area contributed by atoms with Gasteiger partial charge in [-0.15, -0.1) is 12.4 Å². The lowest BCUT2D eigenvalue weighted by molar-refractivity contribution is 0.0995. The first-order valence-corrected chi connectivity index (χ1v) is 5.12. The molecule has 2 N–H and O–H groups in total. The number of ketones is 1. The number of hydrogen-bond donors (Lipinski definition) is 1. The van der Waals surface area contributed by atoms with Crippen molar-refractivity contribution in [3.8, 4) is 5.75 Å². The Morgan fingerprint density at radius 3 is 2.62 bits per heavy atom. The quantitative estimate of drug-likeness (QED) is 0.850. The fourth-order valence-corrected chi connectivity index (χ4v) is 1.36. The van der Waals surface area contributed by atoms with Crippen molar-refractivity contribution in [1.82, 2.24) is 0 Å². The van der Waals surface area contributed by atoms with Crippen LogP contribution < -0.4 is 10.5 Å². The molecule has 0 bridgehead atoms. The molecule has 0 spiro atoms. The van der Waals surface area contributed by atoms with Crippen LogP contribution in [0, 0.1) is 0 Å². The number of hydrogen-bond acceptors (Lipinski definition) is 3. The molecular formula is C11H15Cl2NO2. The highest BCUT2D eigenvalue weighted by molar-refractivity contribution is 6.31. The third-order valence-electron chi connectivity index (χ3n) is 1.79. The maximum Gasteiger partial charge on any atom is 0.180 e. The number of nitrogens with two attached hydrogens (primary N) is 1. The van der Waals surface area contributed by atoms with Gasteiger partial charge in [-0.1, -0.05) is 11.6 Å². The second-order valence-electron chi connectivity index (χ2n) is 3.43. The molecule has 0 fully saturated rings. The Kier molecular flexibility index (Phi) is 6.41. The van der Waals surface area contributed by atoms with Crippen LogP contribution in [0.3, 0.4) is 0 Å². The van der Waals surface area contributed by atoms with Crippen molar-refractivity contribution in [2.45, 2.75) is 20.0 Å². The van der Waals surface area contributed by atoms with E-state index in [1.165, 1.54) is 0 Å². The summed E-state index contributed by atoms with van der Waals surface area (Å²) in [5.74, 6) is 0.359. The molecule has 0 saturated carbocycles. The van der Waals surface area contributed by atoms with Crippen molar-refractivity contribution in [2.75, 3.05) is 6.54 Å². The van der Waals surface area contributed by atoms with E-state index in [1.54, 1.807) is 18.2 Å². The van der Waals surface area contributed by atoms with E-state index in [0.29, 0.717) is 16.3 Å². The molecule has 0 heterocycles. The number of rotatable bonds is 4. The second-order valence-corrected chi connectivity index (χ2v) is 3.87. The van der Waals surface area contributed by atoms with Crippen molar-refractivity contribution in [3.63, 3.8) is 0 Å². The molecule has 1 aromatic carbocycles. The molecule has 0 amide bonds. The van der Waals surface area contributed by atoms with Gasteiger partial charge in [0, 0.05) is 5.02 Å². The van der Waals surface area contributed by atoms with Gasteiger partial charge in [0.2, 0.25) is 0 Å². The summed E-state index contributed by atoms with van der Waals surface area (Å²) in [5, 5.41) is 0.503. The Morgan fingerprint density at radius 1 is 1.50 bits per heavy atom. The van der Waals surface area contributed by atoms with Crippen molar-refractivity contribution in [3.05, 3.63) is 28.8 Å². The molecule has 16 heavy (non-hydrogen) atoms. The van der Waals surface area contributed by atoms with Gasteiger partial charge >= 0.3 is 0 Å². The number of carbonyl (C=O) groups excluding carboxylic acids is 1. The zero-order valence-electron chi connectivity index (χ0n) is 9.20. The molecule has 0 aliphatic rings. The zero-order valence-corrected chi connectivity index (χ0v) is 10.8. The molecule has 0 saturated heterocycles. The summed E-state index contributed by atoms with van der Waals surface area (Å²) in [7, 11) is 0. The highest BCUT2D eigenvalue weighted by Gasteiger charge is 2.12. The Balaban J connectivity index is 0.00000225. The van der Waals surface area contributed by atoms with Gasteiger partial charge in [-0.25, -0.2) is 0 Å². The van der Waals surface area contributed by atoms with E-state index in [-0.39, 0.29) is 30.8 Å². The molecule has 3 nitrogen and oxygen atoms in total. The van der Waals surface area contributed by atoms with Gasteiger partial charge in [0.05, 0.1) is 18.2 Å². The van der Waals surface area contributed by atoms with E-state index >= 15 is 0 Å². The van der Waals surface area contributed by atoms with Gasteiger partial charge in [0.1, 0.15) is 5.75 Å². The standard InChI is InChI=1S/C11H14ClNO2.ClH/c1-7(2)15-11-4-3-8(12)5-9(11)10(14)6-13;/h3-5,7H,6,13H2,1-2H3;1H. The molecule has 0 atom stereocenters. The lowest BCUT2D eigenvalue weighted by atomic mass is 10.1. The molecule has 0 aromatic heterocycles. The lowest BCUT2D eigenvalue weighted by Gasteiger charge is -2.13. The van der Waals surface area contributed by atoms with Crippen LogP contribution in [-0.2, 0) is 0 Å². The first-order chi connectivity index (χ1) is 7.04. The minimum absolute atomic E-state index is 0. The predicted molar refractivity (Wildman–Crippen MR) is 67.8 cm³/mol. The maximum absolute atomic E-state index is 11.5. The van der Waals surface area contributed by atoms with Crippen LogP contribution in [0.5, 0.6) is 5.75 Å². The third-order valence-corrected chi connectivity index (χ3v) is 2.03. The average Bonchev–Trinajstić information content (AvgIpc) is 2.19. The van der Waals surface area contributed by atoms with Crippen LogP contribution in [0.2, 0.25) is 5.02 Å². The number of Topliss-reactive ketones (excluding diaryl/α,β-unsaturated/α-hetero) is 1. The summed E-state index contributed by atoms with van der Waals surface area (Å²) in [6.07, 6.45) is 0.00972. The first-order valence-electron chi connectivity index (χ1n) is 4.74. The minimum Gasteiger partial charge on any atom is -0.490 e. The van der Waals surface area contributed by atoms with E-state index in [1.807, 2.05) is 13.8 Å². The van der Waals surface area contributed by atoms with Gasteiger partial charge in [-0.05, 0) is 32.0 Å². The van der Waals surface area contributed by atoms with Gasteiger partial charge in [0.15, 0.2) is 5.78 Å². The fraction of sp³-hybridized carbons (Fsp3) is 0.364. The average molecular weight is 264 g/mol. The van der Waals surface area contributed by atoms with Crippen molar-refractivity contribution < 1.29 is 9.53 Å². The largest absolute Gasteiger partial charge is 0.490 e. The van der Waals surface area contributed by atoms with Crippen LogP contribution in [0.15, 0.2) is 18.2 Å². The van der Waals surface area contributed by atoms with E-state index in [0.717, 1.165) is 0 Å². The summed E-state index contributed by atoms with van der Waals surface area (Å²) in [6, 6.07) is 4.95. The molecule has 0 unspecified atom stereocenters. The zero-order chi connectivity index (χ0) is 11.4. The van der Waals surface area contributed by atoms with Gasteiger partial charge < -0.3 is 10.5 Å². The molecule has 0 aliphatic carbocycles. The lowest BCUT2D eigenvalue weighted by Crippen LogP contribution is -2.16. The highest BCUT2D eigenvalue weighted by atomic mass is 35.5. The molecule has 0 aliphatic heterocycles. The number of benzene rings is 1. The van der Waals surface area contributed by atoms with Crippen molar-refractivity contribution in [2.24, 2.45) is 5.73 Å². The monoisotopic (exact) mass is 263 g/mol. The molecule has 5 heteroatoms. The smallest absolute Gasteiger partial charge is 0.180 e. The van der Waals surface area contributed by atoms with E-state index in [9.17, 15) is 4.79 Å². The molecule has 1 rings (SSSR count). The Bertz CT molecular complexity index is 367. The Hall–Kier alpha value is -0.770. The van der Waals surface area contributed by atoms with Crippen molar-refractivity contribution in [1.29, 1.82) is 0 Å². The van der Waals surface area contributed by atoms with Gasteiger partial charge in [0.25, 0.3) is 0 Å². The van der Waals surface area contributed by atoms with Gasteiger partial charge in [-0.2, -0.15) is 0 Å². The molecule has 90 valence electrons. The molecule has 1 aromatic rings. The van der Waals surface area contributed by atoms with Crippen molar-refractivity contribution >= 4 is 29.8 Å².